The summed E-state index contributed by atoms with van der Waals surface area (Å²) in [5.74, 6) is 1.17. The summed E-state index contributed by atoms with van der Waals surface area (Å²) < 4.78 is 12.8. The molecule has 0 saturated carbocycles. The lowest BCUT2D eigenvalue weighted by atomic mass is 9.70. The Balaban J connectivity index is 1.08. The molecule has 0 N–H and O–H groups in total. The van der Waals surface area contributed by atoms with E-state index in [1.807, 2.05) is 24.3 Å². The van der Waals surface area contributed by atoms with Crippen LogP contribution >= 0.6 is 0 Å². The van der Waals surface area contributed by atoms with Gasteiger partial charge in [0.2, 0.25) is 0 Å². The molecule has 0 saturated heterocycles. The number of hydrogen-bond donors (Lipinski definition) is 0. The first-order valence-corrected chi connectivity index (χ1v) is 21.1. The molecule has 3 aliphatic carbocycles. The van der Waals surface area contributed by atoms with Gasteiger partial charge in [0, 0.05) is 38.8 Å². The average molecular weight is 779 g/mol. The molecule has 0 aliphatic heterocycles. The summed E-state index contributed by atoms with van der Waals surface area (Å²) in [5.41, 5.74) is 8.65. The second-order valence-electron chi connectivity index (χ2n) is 16.2. The highest BCUT2D eigenvalue weighted by Gasteiger charge is 2.43. The number of unbranched alkanes of at least 4 members (excludes halogenated alkanes) is 6. The van der Waals surface area contributed by atoms with Gasteiger partial charge in [-0.05, 0) is 83.6 Å². The van der Waals surface area contributed by atoms with Crippen molar-refractivity contribution in [2.45, 2.75) is 83.5 Å². The standard InChI is InChI=1S/C53H46O6/c1-3-5-7-13-27-53(28-14-8-6-4-2)45-29-33(47-25-21-35(58-47)31-43-49(54)39-15-9-10-16-40(39)50(43)55)19-23-37(45)38-24-20-34(30-46(38)53)48-26-22-36(59-48)32-44-51(56)41-17-11-12-18-42(41)52(44)57/h9-12,15-26,29-32H,3-8,13-14,27-28H2,1-2H3. The van der Waals surface area contributed by atoms with Gasteiger partial charge >= 0.3 is 0 Å². The fraction of sp³-hybridized carbons (Fsp3) is 0.245. The minimum atomic E-state index is -0.276. The molecule has 0 amide bonds. The fourth-order valence-electron chi connectivity index (χ4n) is 9.44. The molecule has 0 spiro atoms. The summed E-state index contributed by atoms with van der Waals surface area (Å²) in [6, 6.07) is 34.6. The number of hydrogen-bond acceptors (Lipinski definition) is 6. The number of fused-ring (bicyclic) bond motifs is 5. The van der Waals surface area contributed by atoms with Crippen molar-refractivity contribution < 1.29 is 28.0 Å². The maximum Gasteiger partial charge on any atom is 0.197 e. The van der Waals surface area contributed by atoms with Crippen LogP contribution in [0.25, 0.3) is 45.9 Å². The zero-order chi connectivity index (χ0) is 40.7. The molecule has 0 unspecified atom stereocenters. The van der Waals surface area contributed by atoms with Gasteiger partial charge in [0.15, 0.2) is 23.1 Å². The predicted octanol–water partition coefficient (Wildman–Crippen LogP) is 13.3. The Hall–Kier alpha value is -6.40. The molecular formula is C53H46O6. The van der Waals surface area contributed by atoms with E-state index in [0.29, 0.717) is 45.3 Å². The molecule has 3 aliphatic rings. The van der Waals surface area contributed by atoms with Crippen LogP contribution in [0.2, 0.25) is 0 Å². The van der Waals surface area contributed by atoms with Crippen LogP contribution in [-0.4, -0.2) is 23.1 Å². The minimum absolute atomic E-state index is 0.122. The number of carbonyl (C=O) groups is 4. The van der Waals surface area contributed by atoms with Crippen molar-refractivity contribution in [1.29, 1.82) is 0 Å². The molecule has 294 valence electrons. The van der Waals surface area contributed by atoms with E-state index < -0.39 is 0 Å². The van der Waals surface area contributed by atoms with E-state index in [2.05, 4.69) is 50.2 Å². The number of carbonyl (C=O) groups excluding carboxylic acids is 4. The van der Waals surface area contributed by atoms with Crippen LogP contribution in [-0.2, 0) is 5.41 Å². The van der Waals surface area contributed by atoms with Crippen molar-refractivity contribution in [1.82, 2.24) is 0 Å². The predicted molar refractivity (Wildman–Crippen MR) is 232 cm³/mol. The van der Waals surface area contributed by atoms with Crippen molar-refractivity contribution in [3.8, 4) is 33.8 Å². The first kappa shape index (κ1) is 38.1. The van der Waals surface area contributed by atoms with Crippen LogP contribution in [0.1, 0.15) is 142 Å². The monoisotopic (exact) mass is 778 g/mol. The SMILES string of the molecule is CCCCCCC1(CCCCCC)c2cc(-c3ccc(C=C4C(=O)c5ccccc5C4=O)o3)ccc2-c2ccc(-c3ccc(C=C4C(=O)c5ccccc5C4=O)o3)cc21. The third-order valence-corrected chi connectivity index (χ3v) is 12.5. The van der Waals surface area contributed by atoms with Crippen molar-refractivity contribution >= 4 is 35.3 Å². The van der Waals surface area contributed by atoms with Gasteiger partial charge in [0.25, 0.3) is 0 Å². The van der Waals surface area contributed by atoms with Crippen LogP contribution in [0, 0.1) is 0 Å². The summed E-state index contributed by atoms with van der Waals surface area (Å²) in [4.78, 5) is 52.5. The van der Waals surface area contributed by atoms with Gasteiger partial charge in [-0.15, -0.1) is 0 Å². The number of benzene rings is 4. The molecule has 0 radical (unpaired) electrons. The highest BCUT2D eigenvalue weighted by Crippen LogP contribution is 2.56. The summed E-state index contributed by atoms with van der Waals surface area (Å²) in [5, 5.41) is 0. The molecule has 2 heterocycles. The number of ketones is 4. The zero-order valence-corrected chi connectivity index (χ0v) is 33.6. The van der Waals surface area contributed by atoms with Gasteiger partial charge in [-0.2, -0.15) is 0 Å². The van der Waals surface area contributed by atoms with Crippen LogP contribution in [0.15, 0.2) is 129 Å². The largest absolute Gasteiger partial charge is 0.457 e. The second kappa shape index (κ2) is 15.7. The Morgan fingerprint density at radius 2 is 0.831 bits per heavy atom. The third-order valence-electron chi connectivity index (χ3n) is 12.5. The van der Waals surface area contributed by atoms with E-state index >= 15 is 0 Å². The zero-order valence-electron chi connectivity index (χ0n) is 33.6. The van der Waals surface area contributed by atoms with E-state index in [4.69, 9.17) is 8.83 Å². The Labute approximate surface area is 344 Å². The van der Waals surface area contributed by atoms with Crippen LogP contribution in [0.3, 0.4) is 0 Å². The number of Topliss-reactive ketones (excluding diaryl/α,β-unsaturated/α-hetero) is 4. The Morgan fingerprint density at radius 1 is 0.441 bits per heavy atom. The molecule has 6 nitrogen and oxygen atoms in total. The van der Waals surface area contributed by atoms with Crippen molar-refractivity contribution in [3.05, 3.63) is 165 Å². The number of furan rings is 2. The lowest BCUT2D eigenvalue weighted by Gasteiger charge is -2.33. The molecule has 59 heavy (non-hydrogen) atoms. The van der Waals surface area contributed by atoms with Crippen molar-refractivity contribution in [3.63, 3.8) is 0 Å². The second-order valence-corrected chi connectivity index (χ2v) is 16.2. The van der Waals surface area contributed by atoms with Crippen LogP contribution < -0.4 is 0 Å². The first-order valence-electron chi connectivity index (χ1n) is 21.1. The quantitative estimate of drug-likeness (QED) is 0.0621. The molecule has 6 aromatic rings. The summed E-state index contributed by atoms with van der Waals surface area (Å²) in [6.07, 6.45) is 14.4. The lowest BCUT2D eigenvalue weighted by Crippen LogP contribution is -2.25. The van der Waals surface area contributed by atoms with E-state index in [1.54, 1.807) is 60.7 Å². The Morgan fingerprint density at radius 3 is 1.20 bits per heavy atom. The summed E-state index contributed by atoms with van der Waals surface area (Å²) in [7, 11) is 0. The van der Waals surface area contributed by atoms with Crippen molar-refractivity contribution in [2.24, 2.45) is 0 Å². The molecule has 6 heteroatoms. The lowest BCUT2D eigenvalue weighted by molar-refractivity contribution is 0.0974. The van der Waals surface area contributed by atoms with Crippen LogP contribution in [0.4, 0.5) is 0 Å². The molecule has 0 atom stereocenters. The summed E-state index contributed by atoms with van der Waals surface area (Å²) in [6.45, 7) is 4.49. The van der Waals surface area contributed by atoms with Gasteiger partial charge in [-0.25, -0.2) is 0 Å². The van der Waals surface area contributed by atoms with Gasteiger partial charge in [0.1, 0.15) is 23.0 Å². The average Bonchev–Trinajstić information content (AvgIpc) is 4.08. The highest BCUT2D eigenvalue weighted by atomic mass is 16.3. The fourth-order valence-corrected chi connectivity index (χ4v) is 9.44. The molecule has 0 fully saturated rings. The molecule has 4 aromatic carbocycles. The third kappa shape index (κ3) is 6.70. The van der Waals surface area contributed by atoms with Gasteiger partial charge < -0.3 is 8.83 Å². The molecule has 2 aromatic heterocycles. The Bertz CT molecular complexity index is 2470. The summed E-state index contributed by atoms with van der Waals surface area (Å²) >= 11 is 0. The number of rotatable bonds is 14. The normalized spacial score (nSPS) is 14.8. The first-order chi connectivity index (χ1) is 28.8. The van der Waals surface area contributed by atoms with E-state index in [0.717, 1.165) is 62.5 Å². The Kier molecular flexibility index (Phi) is 10.2. The number of allylic oxidation sites excluding steroid dienone is 2. The van der Waals surface area contributed by atoms with Gasteiger partial charge in [0.05, 0.1) is 11.1 Å². The van der Waals surface area contributed by atoms with E-state index in [-0.39, 0.29) is 39.7 Å². The smallest absolute Gasteiger partial charge is 0.197 e. The van der Waals surface area contributed by atoms with Gasteiger partial charge in [-0.1, -0.05) is 138 Å². The van der Waals surface area contributed by atoms with Gasteiger partial charge in [-0.3, -0.25) is 19.2 Å². The maximum atomic E-state index is 13.1. The van der Waals surface area contributed by atoms with E-state index in [1.165, 1.54) is 35.1 Å². The van der Waals surface area contributed by atoms with E-state index in [9.17, 15) is 19.2 Å². The molecular weight excluding hydrogens is 733 g/mol. The topological polar surface area (TPSA) is 94.6 Å². The highest BCUT2D eigenvalue weighted by molar-refractivity contribution is 6.42. The van der Waals surface area contributed by atoms with Crippen LogP contribution in [0.5, 0.6) is 0 Å². The molecule has 0 bridgehead atoms. The maximum absolute atomic E-state index is 13.1. The molecule has 9 rings (SSSR count). The minimum Gasteiger partial charge on any atom is -0.457 e. The van der Waals surface area contributed by atoms with Crippen molar-refractivity contribution in [2.75, 3.05) is 0 Å².